The second kappa shape index (κ2) is 8.96. The Kier molecular flexibility index (Phi) is 6.18. The third kappa shape index (κ3) is 4.44. The first-order valence-electron chi connectivity index (χ1n) is 8.73. The van der Waals surface area contributed by atoms with Crippen LogP contribution in [0.2, 0.25) is 0 Å². The van der Waals surface area contributed by atoms with Gasteiger partial charge < -0.3 is 5.32 Å². The quantitative estimate of drug-likeness (QED) is 0.397. The van der Waals surface area contributed by atoms with Gasteiger partial charge in [-0.25, -0.2) is 4.68 Å². The van der Waals surface area contributed by atoms with Crippen LogP contribution >= 0.6 is 12.2 Å². The van der Waals surface area contributed by atoms with E-state index >= 15 is 0 Å². The number of aromatic nitrogens is 2. The number of allylic oxidation sites excluding steroid dienone is 1. The highest BCUT2D eigenvalue weighted by molar-refractivity contribution is 7.80. The summed E-state index contributed by atoms with van der Waals surface area (Å²) in [7, 11) is 1.83. The molecule has 0 bridgehead atoms. The van der Waals surface area contributed by atoms with Crippen LogP contribution in [0.1, 0.15) is 11.3 Å². The SMILES string of the molecule is Cc1c(NC(=S)NN=CC=Cc2ccccc2)c(=O)n(-c2ccccc2)n1C. The predicted molar refractivity (Wildman–Crippen MR) is 119 cm³/mol. The number of benzene rings is 2. The van der Waals surface area contributed by atoms with Crippen LogP contribution in [0, 0.1) is 6.92 Å². The molecule has 0 atom stereocenters. The van der Waals surface area contributed by atoms with E-state index in [0.717, 1.165) is 16.9 Å². The fraction of sp³-hybridized carbons (Fsp3) is 0.0952. The maximum Gasteiger partial charge on any atom is 0.295 e. The topological polar surface area (TPSA) is 63.4 Å². The van der Waals surface area contributed by atoms with Gasteiger partial charge in [0.25, 0.3) is 5.56 Å². The number of nitrogens with one attached hydrogen (secondary N) is 2. The van der Waals surface area contributed by atoms with Gasteiger partial charge in [-0.3, -0.25) is 14.9 Å². The summed E-state index contributed by atoms with van der Waals surface area (Å²) in [5, 5.41) is 7.24. The van der Waals surface area contributed by atoms with Gasteiger partial charge in [-0.15, -0.1) is 0 Å². The number of nitrogens with zero attached hydrogens (tertiary/aromatic N) is 3. The van der Waals surface area contributed by atoms with Crippen LogP contribution in [0.5, 0.6) is 0 Å². The lowest BCUT2D eigenvalue weighted by molar-refractivity contribution is 0.630. The molecule has 0 aliphatic heterocycles. The average Bonchev–Trinajstić information content (AvgIpc) is 2.92. The maximum atomic E-state index is 12.8. The summed E-state index contributed by atoms with van der Waals surface area (Å²) in [6.07, 6.45) is 5.34. The van der Waals surface area contributed by atoms with E-state index in [-0.39, 0.29) is 10.7 Å². The Balaban J connectivity index is 1.67. The van der Waals surface area contributed by atoms with Crippen molar-refractivity contribution in [3.8, 4) is 5.69 Å². The Morgan fingerprint density at radius 2 is 1.71 bits per heavy atom. The number of rotatable bonds is 5. The minimum atomic E-state index is -0.177. The molecule has 1 heterocycles. The molecule has 0 spiro atoms. The molecule has 2 N–H and O–H groups in total. The Morgan fingerprint density at radius 1 is 1.07 bits per heavy atom. The first-order chi connectivity index (χ1) is 13.6. The number of anilines is 1. The van der Waals surface area contributed by atoms with Crippen molar-refractivity contribution in [2.24, 2.45) is 12.1 Å². The molecule has 0 saturated heterocycles. The molecule has 1 aromatic heterocycles. The summed E-state index contributed by atoms with van der Waals surface area (Å²) < 4.78 is 3.38. The summed E-state index contributed by atoms with van der Waals surface area (Å²) in [6, 6.07) is 19.4. The molecule has 0 aliphatic carbocycles. The lowest BCUT2D eigenvalue weighted by Crippen LogP contribution is -2.28. The molecule has 0 radical (unpaired) electrons. The molecule has 2 aromatic carbocycles. The first kappa shape index (κ1) is 19.3. The van der Waals surface area contributed by atoms with E-state index in [0.29, 0.717) is 5.69 Å². The van der Waals surface area contributed by atoms with E-state index in [9.17, 15) is 4.79 Å². The normalized spacial score (nSPS) is 11.2. The van der Waals surface area contributed by atoms with E-state index in [1.54, 1.807) is 21.7 Å². The van der Waals surface area contributed by atoms with Gasteiger partial charge in [-0.05, 0) is 42.9 Å². The van der Waals surface area contributed by atoms with Crippen LogP contribution in [-0.2, 0) is 7.05 Å². The smallest absolute Gasteiger partial charge is 0.295 e. The molecule has 28 heavy (non-hydrogen) atoms. The number of hydrogen-bond donors (Lipinski definition) is 2. The summed E-state index contributed by atoms with van der Waals surface area (Å²) in [5.74, 6) is 0. The van der Waals surface area contributed by atoms with Gasteiger partial charge in [0.1, 0.15) is 5.69 Å². The summed E-state index contributed by atoms with van der Waals surface area (Å²) in [6.45, 7) is 1.86. The third-order valence-electron chi connectivity index (χ3n) is 4.21. The van der Waals surface area contributed by atoms with Crippen LogP contribution in [0.3, 0.4) is 0 Å². The molecule has 142 valence electrons. The molecule has 3 rings (SSSR count). The monoisotopic (exact) mass is 391 g/mol. The van der Waals surface area contributed by atoms with Crippen molar-refractivity contribution in [2.75, 3.05) is 5.32 Å². The Labute approximate surface area is 168 Å². The fourth-order valence-electron chi connectivity index (χ4n) is 2.71. The largest absolute Gasteiger partial charge is 0.325 e. The lowest BCUT2D eigenvalue weighted by Gasteiger charge is -2.07. The van der Waals surface area contributed by atoms with Gasteiger partial charge in [-0.1, -0.05) is 54.6 Å². The summed E-state index contributed by atoms with van der Waals surface area (Å²) in [5.41, 5.74) is 5.59. The summed E-state index contributed by atoms with van der Waals surface area (Å²) >= 11 is 5.25. The van der Waals surface area contributed by atoms with Crippen molar-refractivity contribution in [3.63, 3.8) is 0 Å². The van der Waals surface area contributed by atoms with E-state index in [4.69, 9.17) is 12.2 Å². The van der Waals surface area contributed by atoms with Gasteiger partial charge in [0, 0.05) is 13.3 Å². The molecule has 0 fully saturated rings. The molecule has 3 aromatic rings. The zero-order valence-electron chi connectivity index (χ0n) is 15.7. The molecule has 0 unspecified atom stereocenters. The molecule has 0 aliphatic rings. The van der Waals surface area contributed by atoms with Gasteiger partial charge in [0.15, 0.2) is 5.11 Å². The van der Waals surface area contributed by atoms with Crippen LogP contribution in [-0.4, -0.2) is 20.7 Å². The van der Waals surface area contributed by atoms with Gasteiger partial charge in [0.05, 0.1) is 11.4 Å². The van der Waals surface area contributed by atoms with Crippen molar-refractivity contribution in [2.45, 2.75) is 6.92 Å². The molecule has 0 amide bonds. The predicted octanol–water partition coefficient (Wildman–Crippen LogP) is 3.47. The molecule has 0 saturated carbocycles. The third-order valence-corrected chi connectivity index (χ3v) is 4.40. The van der Waals surface area contributed by atoms with Crippen LogP contribution in [0.15, 0.2) is 76.6 Å². The maximum absolute atomic E-state index is 12.8. The van der Waals surface area contributed by atoms with Crippen LogP contribution in [0.4, 0.5) is 5.69 Å². The second-order valence-electron chi connectivity index (χ2n) is 6.05. The number of hydrogen-bond acceptors (Lipinski definition) is 3. The minimum Gasteiger partial charge on any atom is -0.325 e. The molecular formula is C21H21N5OS. The van der Waals surface area contributed by atoms with Crippen molar-refractivity contribution in [1.82, 2.24) is 14.8 Å². The number of thiocarbonyl (C=S) groups is 1. The Hall–Kier alpha value is -3.45. The zero-order chi connectivity index (χ0) is 19.9. The Morgan fingerprint density at radius 3 is 2.39 bits per heavy atom. The molecule has 7 heteroatoms. The van der Waals surface area contributed by atoms with Crippen molar-refractivity contribution in [1.29, 1.82) is 0 Å². The second-order valence-corrected chi connectivity index (χ2v) is 6.46. The van der Waals surface area contributed by atoms with E-state index in [1.165, 1.54) is 0 Å². The van der Waals surface area contributed by atoms with E-state index in [2.05, 4.69) is 15.8 Å². The summed E-state index contributed by atoms with van der Waals surface area (Å²) in [4.78, 5) is 12.8. The van der Waals surface area contributed by atoms with Crippen LogP contribution in [0.25, 0.3) is 11.8 Å². The average molecular weight is 392 g/mol. The number of para-hydroxylation sites is 1. The highest BCUT2D eigenvalue weighted by atomic mass is 32.1. The van der Waals surface area contributed by atoms with E-state index < -0.39 is 0 Å². The molecule has 6 nitrogen and oxygen atoms in total. The van der Waals surface area contributed by atoms with E-state index in [1.807, 2.05) is 80.7 Å². The molecular weight excluding hydrogens is 370 g/mol. The van der Waals surface area contributed by atoms with Crippen LogP contribution < -0.4 is 16.3 Å². The standard InChI is InChI=1S/C21H21N5OS/c1-16-19(20(27)26(25(16)2)18-13-7-4-8-14-18)23-21(28)24-22-15-9-12-17-10-5-3-6-11-17/h3-15H,1-2H3,(H2,23,24,28). The van der Waals surface area contributed by atoms with Crippen molar-refractivity contribution < 1.29 is 0 Å². The zero-order valence-corrected chi connectivity index (χ0v) is 16.5. The first-order valence-corrected chi connectivity index (χ1v) is 9.14. The van der Waals surface area contributed by atoms with Gasteiger partial charge >= 0.3 is 0 Å². The van der Waals surface area contributed by atoms with Gasteiger partial charge in [-0.2, -0.15) is 5.10 Å². The highest BCUT2D eigenvalue weighted by Crippen LogP contribution is 2.13. The van der Waals surface area contributed by atoms with Gasteiger partial charge in [0.2, 0.25) is 0 Å². The fourth-order valence-corrected chi connectivity index (χ4v) is 2.87. The highest BCUT2D eigenvalue weighted by Gasteiger charge is 2.16. The number of hydrazone groups is 1. The van der Waals surface area contributed by atoms with Crippen molar-refractivity contribution >= 4 is 35.3 Å². The van der Waals surface area contributed by atoms with Crippen molar-refractivity contribution in [3.05, 3.63) is 88.4 Å². The lowest BCUT2D eigenvalue weighted by atomic mass is 10.2. The minimum absolute atomic E-state index is 0.177. The Bertz CT molecular complexity index is 1070.